The van der Waals surface area contributed by atoms with Gasteiger partial charge in [0.2, 0.25) is 0 Å². The van der Waals surface area contributed by atoms with Gasteiger partial charge in [0.05, 0.1) is 5.56 Å². The van der Waals surface area contributed by atoms with Crippen molar-refractivity contribution < 1.29 is 19.1 Å². The Bertz CT molecular complexity index is 508. The fourth-order valence-corrected chi connectivity index (χ4v) is 1.73. The topological polar surface area (TPSA) is 90.6 Å². The number of hydrogen-bond acceptors (Lipinski definition) is 5. The number of rotatable bonds is 7. The average Bonchev–Trinajstić information content (AvgIpc) is 2.45. The van der Waals surface area contributed by atoms with Crippen LogP contribution in [0.5, 0.6) is 0 Å². The van der Waals surface area contributed by atoms with Gasteiger partial charge in [0.25, 0.3) is 5.91 Å². The molecule has 0 aromatic heterocycles. The maximum absolute atomic E-state index is 11.9. The maximum atomic E-state index is 11.9. The number of nitrogens with one attached hydrogen (secondary N) is 1. The summed E-state index contributed by atoms with van der Waals surface area (Å²) < 4.78 is 9.94. The molecule has 0 aliphatic heterocycles. The smallest absolute Gasteiger partial charge is 0.341 e. The molecule has 1 unspecified atom stereocenters. The van der Waals surface area contributed by atoms with Crippen molar-refractivity contribution in [2.24, 2.45) is 0 Å². The molecule has 0 saturated carbocycles. The van der Waals surface area contributed by atoms with Crippen molar-refractivity contribution >= 4 is 29.2 Å². The van der Waals surface area contributed by atoms with Gasteiger partial charge in [-0.15, -0.1) is 0 Å². The molecule has 21 heavy (non-hydrogen) atoms. The van der Waals surface area contributed by atoms with Gasteiger partial charge < -0.3 is 20.5 Å². The Balaban J connectivity index is 2.53. The van der Waals surface area contributed by atoms with Gasteiger partial charge in [0.15, 0.2) is 6.10 Å². The van der Waals surface area contributed by atoms with Crippen LogP contribution in [0.2, 0.25) is 5.02 Å². The molecule has 0 spiro atoms. The van der Waals surface area contributed by atoms with Crippen LogP contribution >= 0.6 is 11.6 Å². The molecule has 6 nitrogen and oxygen atoms in total. The van der Waals surface area contributed by atoms with Crippen molar-refractivity contribution in [1.82, 2.24) is 5.32 Å². The molecule has 116 valence electrons. The Morgan fingerprint density at radius 2 is 2.14 bits per heavy atom. The molecule has 1 amide bonds. The van der Waals surface area contributed by atoms with E-state index in [-0.39, 0.29) is 17.2 Å². The molecule has 0 bridgehead atoms. The Labute approximate surface area is 128 Å². The molecule has 1 aromatic carbocycles. The second-order valence-electron chi connectivity index (χ2n) is 4.42. The summed E-state index contributed by atoms with van der Waals surface area (Å²) in [5.74, 6) is -1.06. The number of esters is 1. The minimum absolute atomic E-state index is 0.140. The van der Waals surface area contributed by atoms with Crippen molar-refractivity contribution in [2.45, 2.75) is 19.4 Å². The Hall–Kier alpha value is -1.79. The van der Waals surface area contributed by atoms with Gasteiger partial charge in [-0.1, -0.05) is 11.6 Å². The van der Waals surface area contributed by atoms with Crippen LogP contribution in [0.3, 0.4) is 0 Å². The highest BCUT2D eigenvalue weighted by Gasteiger charge is 2.20. The van der Waals surface area contributed by atoms with Crippen LogP contribution in [-0.4, -0.2) is 38.2 Å². The van der Waals surface area contributed by atoms with Crippen LogP contribution < -0.4 is 11.1 Å². The fourth-order valence-electron chi connectivity index (χ4n) is 1.55. The van der Waals surface area contributed by atoms with Gasteiger partial charge in [0, 0.05) is 31.0 Å². The monoisotopic (exact) mass is 314 g/mol. The van der Waals surface area contributed by atoms with E-state index in [4.69, 9.17) is 26.8 Å². The summed E-state index contributed by atoms with van der Waals surface area (Å²) in [7, 11) is 1.58. The van der Waals surface area contributed by atoms with Gasteiger partial charge in [-0.25, -0.2) is 4.79 Å². The number of anilines is 1. The van der Waals surface area contributed by atoms with Gasteiger partial charge in [-0.05, 0) is 31.5 Å². The van der Waals surface area contributed by atoms with Crippen LogP contribution in [0.4, 0.5) is 5.69 Å². The molecule has 0 aliphatic rings. The quantitative estimate of drug-likeness (QED) is 0.453. The summed E-state index contributed by atoms with van der Waals surface area (Å²) in [5, 5.41) is 3.01. The molecule has 7 heteroatoms. The van der Waals surface area contributed by atoms with E-state index < -0.39 is 12.1 Å². The van der Waals surface area contributed by atoms with Crippen molar-refractivity contribution in [1.29, 1.82) is 0 Å². The summed E-state index contributed by atoms with van der Waals surface area (Å²) >= 11 is 5.80. The molecule has 1 aromatic rings. The predicted octanol–water partition coefficient (Wildman–Crippen LogP) is 1.62. The highest BCUT2D eigenvalue weighted by atomic mass is 35.5. The number of carbonyl (C=O) groups excluding carboxylic acids is 2. The largest absolute Gasteiger partial charge is 0.449 e. The van der Waals surface area contributed by atoms with Crippen molar-refractivity contribution in [2.75, 3.05) is 26.0 Å². The fraction of sp³-hybridized carbons (Fsp3) is 0.429. The predicted molar refractivity (Wildman–Crippen MR) is 80.2 cm³/mol. The number of carbonyl (C=O) groups is 2. The number of hydrogen-bond donors (Lipinski definition) is 2. The first-order valence-corrected chi connectivity index (χ1v) is 6.86. The molecule has 0 radical (unpaired) electrons. The third kappa shape index (κ3) is 5.61. The summed E-state index contributed by atoms with van der Waals surface area (Å²) in [6.07, 6.45) is -0.233. The van der Waals surface area contributed by atoms with Crippen molar-refractivity contribution in [3.8, 4) is 0 Å². The lowest BCUT2D eigenvalue weighted by atomic mass is 10.2. The van der Waals surface area contributed by atoms with Crippen molar-refractivity contribution in [3.05, 3.63) is 28.8 Å². The number of halogens is 1. The maximum Gasteiger partial charge on any atom is 0.341 e. The SMILES string of the molecule is COCCCNC(=O)C(C)OC(=O)c1cc(Cl)ccc1N. The number of ether oxygens (including phenoxy) is 2. The minimum Gasteiger partial charge on any atom is -0.449 e. The summed E-state index contributed by atoms with van der Waals surface area (Å²) in [4.78, 5) is 23.7. The molecule has 1 rings (SSSR count). The van der Waals surface area contributed by atoms with Crippen LogP contribution in [0, 0.1) is 0 Å². The Kier molecular flexibility index (Phi) is 6.98. The van der Waals surface area contributed by atoms with Crippen LogP contribution in [-0.2, 0) is 14.3 Å². The first-order valence-electron chi connectivity index (χ1n) is 6.48. The highest BCUT2D eigenvalue weighted by Crippen LogP contribution is 2.19. The van der Waals surface area contributed by atoms with E-state index in [1.165, 1.54) is 19.1 Å². The summed E-state index contributed by atoms with van der Waals surface area (Å²) in [6.45, 7) is 2.49. The Morgan fingerprint density at radius 1 is 1.43 bits per heavy atom. The minimum atomic E-state index is -0.918. The number of methoxy groups -OCH3 is 1. The molecule has 0 saturated heterocycles. The third-order valence-corrected chi connectivity index (χ3v) is 2.95. The number of benzene rings is 1. The zero-order chi connectivity index (χ0) is 15.8. The first-order chi connectivity index (χ1) is 9.95. The highest BCUT2D eigenvalue weighted by molar-refractivity contribution is 6.31. The van der Waals surface area contributed by atoms with Crippen LogP contribution in [0.15, 0.2) is 18.2 Å². The molecular weight excluding hydrogens is 296 g/mol. The van der Waals surface area contributed by atoms with Gasteiger partial charge in [0.1, 0.15) is 0 Å². The van der Waals surface area contributed by atoms with Gasteiger partial charge in [-0.2, -0.15) is 0 Å². The van der Waals surface area contributed by atoms with Crippen LogP contribution in [0.25, 0.3) is 0 Å². The first kappa shape index (κ1) is 17.3. The zero-order valence-corrected chi connectivity index (χ0v) is 12.8. The number of amides is 1. The second kappa shape index (κ2) is 8.49. The van der Waals surface area contributed by atoms with E-state index in [0.717, 1.165) is 0 Å². The second-order valence-corrected chi connectivity index (χ2v) is 4.85. The van der Waals surface area contributed by atoms with Gasteiger partial charge >= 0.3 is 5.97 Å². The van der Waals surface area contributed by atoms with E-state index in [1.807, 2.05) is 0 Å². The molecule has 0 heterocycles. The van der Waals surface area contributed by atoms with Crippen LogP contribution in [0.1, 0.15) is 23.7 Å². The van der Waals surface area contributed by atoms with E-state index >= 15 is 0 Å². The lowest BCUT2D eigenvalue weighted by Gasteiger charge is -2.14. The average molecular weight is 315 g/mol. The number of nitrogen functional groups attached to an aromatic ring is 1. The summed E-state index contributed by atoms with van der Waals surface area (Å²) in [5.41, 5.74) is 6.07. The summed E-state index contributed by atoms with van der Waals surface area (Å²) in [6, 6.07) is 4.48. The molecule has 0 aliphatic carbocycles. The van der Waals surface area contributed by atoms with E-state index in [2.05, 4.69) is 5.32 Å². The lowest BCUT2D eigenvalue weighted by molar-refractivity contribution is -0.129. The molecule has 1 atom stereocenters. The Morgan fingerprint density at radius 3 is 2.81 bits per heavy atom. The van der Waals surface area contributed by atoms with Crippen molar-refractivity contribution in [3.63, 3.8) is 0 Å². The van der Waals surface area contributed by atoms with Gasteiger partial charge in [-0.3, -0.25) is 4.79 Å². The molecule has 0 fully saturated rings. The standard InChI is InChI=1S/C14H19ClN2O4/c1-9(13(18)17-6-3-7-20-2)21-14(19)11-8-10(15)4-5-12(11)16/h4-5,8-9H,3,6-7,16H2,1-2H3,(H,17,18). The molecular formula is C14H19ClN2O4. The normalized spacial score (nSPS) is 11.8. The number of nitrogens with two attached hydrogens (primary N) is 1. The van der Waals surface area contributed by atoms with E-state index in [1.54, 1.807) is 13.2 Å². The van der Waals surface area contributed by atoms with E-state index in [9.17, 15) is 9.59 Å². The third-order valence-electron chi connectivity index (χ3n) is 2.71. The van der Waals surface area contributed by atoms with E-state index in [0.29, 0.717) is 24.6 Å². The molecule has 3 N–H and O–H groups in total. The lowest BCUT2D eigenvalue weighted by Crippen LogP contribution is -2.36. The zero-order valence-electron chi connectivity index (χ0n) is 12.0.